The average molecular weight is 260 g/mol. The van der Waals surface area contributed by atoms with Crippen molar-refractivity contribution in [3.63, 3.8) is 0 Å². The summed E-state index contributed by atoms with van der Waals surface area (Å²) in [4.78, 5) is 0. The van der Waals surface area contributed by atoms with E-state index in [1.54, 1.807) is 18.2 Å². The maximum absolute atomic E-state index is 12.9. The lowest BCUT2D eigenvalue weighted by molar-refractivity contribution is -0.228. The Morgan fingerprint density at radius 3 is 2.22 bits per heavy atom. The Hall–Kier alpha value is -1.56. The number of rotatable bonds is 4. The summed E-state index contributed by atoms with van der Waals surface area (Å²) in [5.41, 5.74) is -2.57. The maximum Gasteiger partial charge on any atom is 0.422 e. The molecular weight excluding hydrogens is 245 g/mol. The zero-order chi connectivity index (χ0) is 13.8. The number of hydrogen-bond donors (Lipinski definition) is 1. The summed E-state index contributed by atoms with van der Waals surface area (Å²) in [5.74, 6) is 0. The number of halogens is 3. The smallest absolute Gasteiger partial charge is 0.375 e. The molecule has 0 aliphatic rings. The highest BCUT2D eigenvalue weighted by Gasteiger charge is 2.52. The second-order valence-electron chi connectivity index (χ2n) is 4.18. The largest absolute Gasteiger partial charge is 0.422 e. The van der Waals surface area contributed by atoms with Gasteiger partial charge in [0.2, 0.25) is 5.60 Å². The molecule has 18 heavy (non-hydrogen) atoms. The van der Waals surface area contributed by atoms with E-state index in [9.17, 15) is 18.3 Å². The van der Waals surface area contributed by atoms with E-state index in [-0.39, 0.29) is 0 Å². The molecule has 0 bridgehead atoms. The Balaban J connectivity index is 2.99. The summed E-state index contributed by atoms with van der Waals surface area (Å²) in [5, 5.41) is 14.4. The minimum absolute atomic E-state index is 0.391. The highest BCUT2D eigenvalue weighted by Crippen LogP contribution is 2.32. The molecule has 0 aromatic heterocycles. The highest BCUT2D eigenvalue weighted by molar-refractivity contribution is 5.70. The molecule has 1 aromatic rings. The van der Waals surface area contributed by atoms with E-state index >= 15 is 0 Å². The number of nitrogens with zero attached hydrogens (tertiary/aromatic N) is 2. The van der Waals surface area contributed by atoms with Gasteiger partial charge in [0.1, 0.15) is 0 Å². The first-order valence-corrected chi connectivity index (χ1v) is 5.30. The zero-order valence-electron chi connectivity index (χ0n) is 10.1. The van der Waals surface area contributed by atoms with Crippen LogP contribution in [0.15, 0.2) is 35.4 Å². The van der Waals surface area contributed by atoms with Crippen LogP contribution >= 0.6 is 0 Å². The Morgan fingerprint density at radius 2 is 1.78 bits per heavy atom. The zero-order valence-corrected chi connectivity index (χ0v) is 10.1. The predicted octanol–water partition coefficient (Wildman–Crippen LogP) is 2.07. The van der Waals surface area contributed by atoms with Crippen molar-refractivity contribution in [2.45, 2.75) is 18.2 Å². The molecule has 0 spiro atoms. The lowest BCUT2D eigenvalue weighted by atomic mass is 9.95. The predicted molar refractivity (Wildman–Crippen MR) is 63.3 cm³/mol. The van der Waals surface area contributed by atoms with Crippen LogP contribution in [-0.4, -0.2) is 42.2 Å². The standard InChI is InChI=1S/C12H15F3N2O/c1-17(2)16-9-11(18,12(13,14)15)8-10-6-4-3-5-7-10/h3-7,9,18H,8H2,1-2H3/b16-9+. The lowest BCUT2D eigenvalue weighted by Crippen LogP contribution is -2.49. The number of benzene rings is 1. The van der Waals surface area contributed by atoms with Crippen LogP contribution in [0.1, 0.15) is 5.56 Å². The van der Waals surface area contributed by atoms with Gasteiger partial charge in [-0.05, 0) is 5.56 Å². The van der Waals surface area contributed by atoms with Crippen LogP contribution in [-0.2, 0) is 6.42 Å². The third-order valence-corrected chi connectivity index (χ3v) is 2.31. The Kier molecular flexibility index (Phi) is 4.34. The fourth-order valence-electron chi connectivity index (χ4n) is 1.34. The summed E-state index contributed by atoms with van der Waals surface area (Å²) in [7, 11) is 2.96. The average Bonchev–Trinajstić information content (AvgIpc) is 2.26. The third-order valence-electron chi connectivity index (χ3n) is 2.31. The fraction of sp³-hybridized carbons (Fsp3) is 0.417. The molecule has 0 amide bonds. The topological polar surface area (TPSA) is 35.8 Å². The number of hydrazone groups is 1. The first-order valence-electron chi connectivity index (χ1n) is 5.30. The molecule has 0 aliphatic heterocycles. The van der Waals surface area contributed by atoms with E-state index in [1.807, 2.05) is 0 Å². The van der Waals surface area contributed by atoms with Gasteiger partial charge in [0.15, 0.2) is 0 Å². The minimum atomic E-state index is -4.78. The van der Waals surface area contributed by atoms with Crippen molar-refractivity contribution in [2.75, 3.05) is 14.1 Å². The van der Waals surface area contributed by atoms with Crippen molar-refractivity contribution in [3.05, 3.63) is 35.9 Å². The summed E-state index contributed by atoms with van der Waals surface area (Å²) < 4.78 is 38.6. The van der Waals surface area contributed by atoms with Crippen LogP contribution in [0.3, 0.4) is 0 Å². The Morgan fingerprint density at radius 1 is 1.22 bits per heavy atom. The van der Waals surface area contributed by atoms with Gasteiger partial charge in [-0.15, -0.1) is 0 Å². The molecular formula is C12H15F3N2O. The molecule has 0 radical (unpaired) electrons. The monoisotopic (exact) mass is 260 g/mol. The maximum atomic E-state index is 12.9. The van der Waals surface area contributed by atoms with E-state index in [1.165, 1.54) is 31.2 Å². The van der Waals surface area contributed by atoms with Crippen molar-refractivity contribution >= 4 is 6.21 Å². The van der Waals surface area contributed by atoms with Gasteiger partial charge in [-0.25, -0.2) is 0 Å². The van der Waals surface area contributed by atoms with E-state index in [0.29, 0.717) is 11.8 Å². The van der Waals surface area contributed by atoms with Crippen LogP contribution < -0.4 is 0 Å². The van der Waals surface area contributed by atoms with Crippen LogP contribution in [0.25, 0.3) is 0 Å². The number of alkyl halides is 3. The molecule has 0 saturated heterocycles. The molecule has 1 unspecified atom stereocenters. The normalized spacial score (nSPS) is 15.7. The molecule has 100 valence electrons. The lowest BCUT2D eigenvalue weighted by Gasteiger charge is -2.27. The fourth-order valence-corrected chi connectivity index (χ4v) is 1.34. The quantitative estimate of drug-likeness (QED) is 0.664. The first kappa shape index (κ1) is 14.5. The minimum Gasteiger partial charge on any atom is -0.375 e. The second-order valence-corrected chi connectivity index (χ2v) is 4.18. The molecule has 0 saturated carbocycles. The first-order chi connectivity index (χ1) is 8.24. The van der Waals surface area contributed by atoms with Crippen LogP contribution in [0, 0.1) is 0 Å². The molecule has 1 atom stereocenters. The van der Waals surface area contributed by atoms with Crippen molar-refractivity contribution in [1.29, 1.82) is 0 Å². The van der Waals surface area contributed by atoms with Gasteiger partial charge in [0.25, 0.3) is 0 Å². The van der Waals surface area contributed by atoms with E-state index in [2.05, 4.69) is 5.10 Å². The van der Waals surface area contributed by atoms with E-state index < -0.39 is 18.2 Å². The summed E-state index contributed by atoms with van der Waals surface area (Å²) >= 11 is 0. The molecule has 0 fully saturated rings. The van der Waals surface area contributed by atoms with Crippen molar-refractivity contribution < 1.29 is 18.3 Å². The van der Waals surface area contributed by atoms with Crippen molar-refractivity contribution in [1.82, 2.24) is 5.01 Å². The highest BCUT2D eigenvalue weighted by atomic mass is 19.4. The third kappa shape index (κ3) is 3.73. The van der Waals surface area contributed by atoms with Crippen molar-refractivity contribution in [2.24, 2.45) is 5.10 Å². The second kappa shape index (κ2) is 5.39. The summed E-state index contributed by atoms with van der Waals surface area (Å²) in [6.45, 7) is 0. The van der Waals surface area contributed by atoms with Crippen LogP contribution in [0.2, 0.25) is 0 Å². The molecule has 3 nitrogen and oxygen atoms in total. The summed E-state index contributed by atoms with van der Waals surface area (Å²) in [6.07, 6.45) is -4.81. The SMILES string of the molecule is CN(C)/N=C/C(O)(Cc1ccccc1)C(F)(F)F. The van der Waals surface area contributed by atoms with Gasteiger partial charge in [0.05, 0.1) is 6.21 Å². The van der Waals surface area contributed by atoms with E-state index in [4.69, 9.17) is 0 Å². The molecule has 0 heterocycles. The van der Waals surface area contributed by atoms with E-state index in [0.717, 1.165) is 0 Å². The van der Waals surface area contributed by atoms with Gasteiger partial charge in [-0.1, -0.05) is 30.3 Å². The molecule has 1 N–H and O–H groups in total. The molecule has 1 rings (SSSR count). The number of aliphatic hydroxyl groups is 1. The summed E-state index contributed by atoms with van der Waals surface area (Å²) in [6, 6.07) is 7.99. The van der Waals surface area contributed by atoms with Gasteiger partial charge in [0, 0.05) is 20.5 Å². The van der Waals surface area contributed by atoms with Crippen LogP contribution in [0.4, 0.5) is 13.2 Å². The van der Waals surface area contributed by atoms with Gasteiger partial charge in [-0.3, -0.25) is 0 Å². The van der Waals surface area contributed by atoms with Crippen LogP contribution in [0.5, 0.6) is 0 Å². The molecule has 1 aromatic carbocycles. The molecule has 6 heteroatoms. The van der Waals surface area contributed by atoms with Gasteiger partial charge >= 0.3 is 6.18 Å². The van der Waals surface area contributed by atoms with Crippen molar-refractivity contribution in [3.8, 4) is 0 Å². The Bertz CT molecular complexity index is 404. The molecule has 0 aliphatic carbocycles. The Labute approximate surface area is 104 Å². The van der Waals surface area contributed by atoms with Gasteiger partial charge < -0.3 is 10.1 Å². The van der Waals surface area contributed by atoms with Gasteiger partial charge in [-0.2, -0.15) is 18.3 Å². The number of hydrogen-bond acceptors (Lipinski definition) is 3.